The Bertz CT molecular complexity index is 3030. The molecule has 0 radical (unpaired) electrons. The van der Waals surface area contributed by atoms with Crippen LogP contribution in [-0.4, -0.2) is 6.71 Å². The number of para-hydroxylation sites is 1. The van der Waals surface area contributed by atoms with Gasteiger partial charge in [0.15, 0.2) is 0 Å². The van der Waals surface area contributed by atoms with Crippen molar-refractivity contribution < 1.29 is 0 Å². The standard InChI is InChI=1S/C57H42BN3/c1-38-21-27-48(28-22-38)61-53-20-12-19-52-57(53)58(56-50-35-44(39(50)2)36-55(56)61)51-34-33-49(37-54(51)60(52)45-17-10-5-11-18-45)59(46-29-23-42(24-30-46)40-13-6-3-7-14-40)47-31-25-43(26-32-47)41-15-8-4-9-16-41/h3-34,36-37H,35H2,1-2H3. The van der Waals surface area contributed by atoms with E-state index in [1.807, 2.05) is 0 Å². The topological polar surface area (TPSA) is 9.72 Å². The van der Waals surface area contributed by atoms with Crippen LogP contribution >= 0.6 is 0 Å². The highest BCUT2D eigenvalue weighted by molar-refractivity contribution is 7.00. The van der Waals surface area contributed by atoms with Crippen LogP contribution < -0.4 is 31.1 Å². The molecule has 0 N–H and O–H groups in total. The van der Waals surface area contributed by atoms with Crippen molar-refractivity contribution in [1.29, 1.82) is 0 Å². The summed E-state index contributed by atoms with van der Waals surface area (Å²) in [5.41, 5.74) is 25.2. The zero-order valence-corrected chi connectivity index (χ0v) is 34.3. The van der Waals surface area contributed by atoms with Crippen molar-refractivity contribution in [2.45, 2.75) is 20.3 Å². The minimum atomic E-state index is 0.0822. The Balaban J connectivity index is 1.07. The molecular weight excluding hydrogens is 737 g/mol. The molecule has 2 heterocycles. The molecule has 9 aromatic rings. The summed E-state index contributed by atoms with van der Waals surface area (Å²) in [7, 11) is 0. The molecule has 2 aliphatic carbocycles. The summed E-state index contributed by atoms with van der Waals surface area (Å²) in [4.78, 5) is 7.45. The van der Waals surface area contributed by atoms with Crippen molar-refractivity contribution in [3.05, 3.63) is 229 Å². The second-order valence-electron chi connectivity index (χ2n) is 16.6. The maximum atomic E-state index is 2.53. The zero-order chi connectivity index (χ0) is 40.6. The van der Waals surface area contributed by atoms with Crippen LogP contribution in [0.15, 0.2) is 206 Å². The molecule has 0 spiro atoms. The van der Waals surface area contributed by atoms with Crippen LogP contribution in [-0.2, 0) is 6.42 Å². The van der Waals surface area contributed by atoms with E-state index in [9.17, 15) is 0 Å². The highest BCUT2D eigenvalue weighted by Crippen LogP contribution is 2.48. The molecule has 4 aliphatic rings. The summed E-state index contributed by atoms with van der Waals surface area (Å²) in [5.74, 6) is 0. The molecular formula is C57H42BN3. The van der Waals surface area contributed by atoms with Gasteiger partial charge in [-0.2, -0.15) is 0 Å². The van der Waals surface area contributed by atoms with Crippen molar-refractivity contribution in [1.82, 2.24) is 0 Å². The molecule has 288 valence electrons. The maximum Gasteiger partial charge on any atom is 0.252 e. The van der Waals surface area contributed by atoms with Crippen molar-refractivity contribution in [3.63, 3.8) is 0 Å². The molecule has 61 heavy (non-hydrogen) atoms. The summed E-state index contributed by atoms with van der Waals surface area (Å²) >= 11 is 0. The second kappa shape index (κ2) is 14.0. The van der Waals surface area contributed by atoms with Crippen LogP contribution in [0, 0.1) is 13.8 Å². The monoisotopic (exact) mass is 779 g/mol. The van der Waals surface area contributed by atoms with E-state index in [0.717, 1.165) is 29.2 Å². The van der Waals surface area contributed by atoms with E-state index >= 15 is 0 Å². The fourth-order valence-corrected chi connectivity index (χ4v) is 10.1. The number of hydrogen-bond acceptors (Lipinski definition) is 3. The summed E-state index contributed by atoms with van der Waals surface area (Å²) in [6.07, 6.45) is 1.03. The Labute approximate surface area is 358 Å². The van der Waals surface area contributed by atoms with Gasteiger partial charge in [-0.15, -0.1) is 0 Å². The predicted molar refractivity (Wildman–Crippen MR) is 258 cm³/mol. The third-order valence-corrected chi connectivity index (χ3v) is 13.2. The number of aryl methyl sites for hydroxylation is 2. The highest BCUT2D eigenvalue weighted by Gasteiger charge is 2.46. The number of benzene rings is 9. The molecule has 0 amide bonds. The number of hydrogen-bond donors (Lipinski definition) is 0. The average molecular weight is 780 g/mol. The molecule has 3 nitrogen and oxygen atoms in total. The molecule has 0 fully saturated rings. The van der Waals surface area contributed by atoms with Crippen LogP contribution in [0.1, 0.15) is 22.3 Å². The third kappa shape index (κ3) is 5.67. The first-order valence-corrected chi connectivity index (χ1v) is 21.3. The molecule has 13 rings (SSSR count). The number of anilines is 9. The van der Waals surface area contributed by atoms with Crippen molar-refractivity contribution >= 4 is 74.3 Å². The van der Waals surface area contributed by atoms with Crippen LogP contribution in [0.2, 0.25) is 0 Å². The molecule has 0 unspecified atom stereocenters. The molecule has 0 saturated heterocycles. The van der Waals surface area contributed by atoms with E-state index in [2.05, 4.69) is 235 Å². The zero-order valence-electron chi connectivity index (χ0n) is 34.3. The second-order valence-corrected chi connectivity index (χ2v) is 16.6. The van der Waals surface area contributed by atoms with Gasteiger partial charge in [0.05, 0.1) is 0 Å². The minimum Gasteiger partial charge on any atom is -0.311 e. The van der Waals surface area contributed by atoms with Crippen LogP contribution in [0.25, 0.3) is 22.3 Å². The van der Waals surface area contributed by atoms with Crippen LogP contribution in [0.4, 0.5) is 51.2 Å². The van der Waals surface area contributed by atoms with Crippen LogP contribution in [0.3, 0.4) is 0 Å². The first-order chi connectivity index (χ1) is 30.1. The van der Waals surface area contributed by atoms with Gasteiger partial charge in [0.2, 0.25) is 0 Å². The van der Waals surface area contributed by atoms with Gasteiger partial charge < -0.3 is 14.7 Å². The molecule has 4 heteroatoms. The Morgan fingerprint density at radius 3 is 1.49 bits per heavy atom. The molecule has 2 bridgehead atoms. The Morgan fingerprint density at radius 2 is 0.918 bits per heavy atom. The normalized spacial score (nSPS) is 12.9. The number of rotatable bonds is 7. The van der Waals surface area contributed by atoms with Crippen LogP contribution in [0.5, 0.6) is 0 Å². The van der Waals surface area contributed by atoms with Gasteiger partial charge in [0.1, 0.15) is 0 Å². The van der Waals surface area contributed by atoms with Gasteiger partial charge in [0, 0.05) is 51.2 Å². The molecule has 0 saturated carbocycles. The van der Waals surface area contributed by atoms with E-state index in [-0.39, 0.29) is 6.71 Å². The van der Waals surface area contributed by atoms with Gasteiger partial charge in [-0.3, -0.25) is 0 Å². The fraction of sp³-hybridized carbons (Fsp3) is 0.0526. The minimum absolute atomic E-state index is 0.0822. The lowest BCUT2D eigenvalue weighted by Gasteiger charge is -2.46. The van der Waals surface area contributed by atoms with Gasteiger partial charge in [0.25, 0.3) is 6.71 Å². The first-order valence-electron chi connectivity index (χ1n) is 21.3. The van der Waals surface area contributed by atoms with E-state index in [4.69, 9.17) is 0 Å². The summed E-state index contributed by atoms with van der Waals surface area (Å²) in [6.45, 7) is 4.57. The largest absolute Gasteiger partial charge is 0.311 e. The van der Waals surface area contributed by atoms with E-state index in [0.29, 0.717) is 0 Å². The number of nitrogens with zero attached hydrogens (tertiary/aromatic N) is 3. The summed E-state index contributed by atoms with van der Waals surface area (Å²) < 4.78 is 0. The van der Waals surface area contributed by atoms with Gasteiger partial charge in [-0.1, -0.05) is 133 Å². The van der Waals surface area contributed by atoms with Crippen molar-refractivity contribution in [3.8, 4) is 22.3 Å². The molecule has 2 aliphatic heterocycles. The Hall–Kier alpha value is -7.56. The third-order valence-electron chi connectivity index (χ3n) is 13.2. The average Bonchev–Trinajstić information content (AvgIpc) is 3.33. The summed E-state index contributed by atoms with van der Waals surface area (Å²) in [6, 6.07) is 75.9. The Morgan fingerprint density at radius 1 is 0.410 bits per heavy atom. The van der Waals surface area contributed by atoms with Crippen molar-refractivity contribution in [2.24, 2.45) is 0 Å². The van der Waals surface area contributed by atoms with Gasteiger partial charge >= 0.3 is 0 Å². The lowest BCUT2D eigenvalue weighted by atomic mass is 9.32. The van der Waals surface area contributed by atoms with E-state index in [1.165, 1.54) is 89.3 Å². The van der Waals surface area contributed by atoms with E-state index < -0.39 is 0 Å². The highest BCUT2D eigenvalue weighted by atomic mass is 15.2. The molecule has 0 atom stereocenters. The first kappa shape index (κ1) is 35.4. The van der Waals surface area contributed by atoms with Gasteiger partial charge in [-0.25, -0.2) is 0 Å². The molecule has 0 aromatic heterocycles. The summed E-state index contributed by atoms with van der Waals surface area (Å²) in [5, 5.41) is 0. The molecule has 9 aromatic carbocycles. The van der Waals surface area contributed by atoms with E-state index in [1.54, 1.807) is 0 Å². The lowest BCUT2D eigenvalue weighted by Crippen LogP contribution is -2.63. The SMILES string of the molecule is Cc1ccc(N2c3cccc4c3B(c3ccc(N(c5ccc(-c6ccccc6)cc5)c5ccc(-c6ccccc6)cc5)cc3N4c3ccccc3)c3c2cc2c(C)c3C2)cc1. The predicted octanol–water partition coefficient (Wildman–Crippen LogP) is 13.1. The fourth-order valence-electron chi connectivity index (χ4n) is 10.1. The van der Waals surface area contributed by atoms with Gasteiger partial charge in [-0.05, 0) is 154 Å². The lowest BCUT2D eigenvalue weighted by molar-refractivity contribution is 1.03. The quantitative estimate of drug-likeness (QED) is 0.149. The maximum absolute atomic E-state index is 2.53. The van der Waals surface area contributed by atoms with Crippen molar-refractivity contribution in [2.75, 3.05) is 14.7 Å². The number of fused-ring (bicyclic) bond motifs is 2. The smallest absolute Gasteiger partial charge is 0.252 e. The Kier molecular flexibility index (Phi) is 8.14.